The average molecular weight is 337 g/mol. The first kappa shape index (κ1) is 18.7. The lowest BCUT2D eigenvalue weighted by atomic mass is 9.98. The predicted molar refractivity (Wildman–Crippen MR) is 92.6 cm³/mol. The number of urea groups is 1. The first-order valence-corrected chi connectivity index (χ1v) is 8.97. The van der Waals surface area contributed by atoms with Crippen LogP contribution in [0.3, 0.4) is 0 Å². The largest absolute Gasteiger partial charge is 0.424 e. The first-order valence-electron chi connectivity index (χ1n) is 8.97. The summed E-state index contributed by atoms with van der Waals surface area (Å²) in [5, 5.41) is 10.7. The van der Waals surface area contributed by atoms with Crippen LogP contribution >= 0.6 is 0 Å². The van der Waals surface area contributed by atoms with Crippen LogP contribution < -0.4 is 5.32 Å². The molecule has 7 nitrogen and oxygen atoms in total. The highest BCUT2D eigenvalue weighted by Crippen LogP contribution is 2.20. The standard InChI is InChI=1S/C17H31N5O2/c1-13(2)11-22-10-6-5-7-15(22)8-9-18-17(23)21(4)12-16-20-19-14(3)24-16/h13,15H,5-12H2,1-4H3,(H,18,23)/t15-/m1/s1. The van der Waals surface area contributed by atoms with Gasteiger partial charge in [0.2, 0.25) is 11.8 Å². The molecule has 0 unspecified atom stereocenters. The van der Waals surface area contributed by atoms with Crippen molar-refractivity contribution in [2.45, 2.75) is 59.0 Å². The van der Waals surface area contributed by atoms with Gasteiger partial charge in [0.15, 0.2) is 0 Å². The Bertz CT molecular complexity index is 517. The van der Waals surface area contributed by atoms with E-state index in [1.807, 2.05) is 0 Å². The normalized spacial score (nSPS) is 18.8. The Morgan fingerprint density at radius 2 is 2.21 bits per heavy atom. The number of amides is 2. The van der Waals surface area contributed by atoms with E-state index < -0.39 is 0 Å². The lowest BCUT2D eigenvalue weighted by molar-refractivity contribution is 0.124. The molecule has 0 radical (unpaired) electrons. The van der Waals surface area contributed by atoms with Crippen LogP contribution in [0.5, 0.6) is 0 Å². The van der Waals surface area contributed by atoms with Crippen LogP contribution in [-0.2, 0) is 6.54 Å². The number of likely N-dealkylation sites (tertiary alicyclic amines) is 1. The summed E-state index contributed by atoms with van der Waals surface area (Å²) in [5.41, 5.74) is 0. The van der Waals surface area contributed by atoms with Crippen LogP contribution in [0.25, 0.3) is 0 Å². The fourth-order valence-corrected chi connectivity index (χ4v) is 3.25. The molecule has 1 saturated heterocycles. The van der Waals surface area contributed by atoms with Gasteiger partial charge in [-0.25, -0.2) is 4.79 Å². The first-order chi connectivity index (χ1) is 11.5. The van der Waals surface area contributed by atoms with Crippen molar-refractivity contribution >= 4 is 6.03 Å². The highest BCUT2D eigenvalue weighted by atomic mass is 16.4. The molecule has 1 fully saturated rings. The maximum absolute atomic E-state index is 12.2. The van der Waals surface area contributed by atoms with Gasteiger partial charge >= 0.3 is 6.03 Å². The maximum Gasteiger partial charge on any atom is 0.317 e. The van der Waals surface area contributed by atoms with Gasteiger partial charge in [0.05, 0.1) is 0 Å². The monoisotopic (exact) mass is 337 g/mol. The number of hydrogen-bond donors (Lipinski definition) is 1. The van der Waals surface area contributed by atoms with Crippen molar-refractivity contribution in [1.29, 1.82) is 0 Å². The van der Waals surface area contributed by atoms with Gasteiger partial charge in [-0.3, -0.25) is 0 Å². The van der Waals surface area contributed by atoms with Crippen molar-refractivity contribution in [3.8, 4) is 0 Å². The van der Waals surface area contributed by atoms with Gasteiger partial charge in [-0.15, -0.1) is 10.2 Å². The van der Waals surface area contributed by atoms with Crippen molar-refractivity contribution in [2.24, 2.45) is 5.92 Å². The van der Waals surface area contributed by atoms with Crippen molar-refractivity contribution in [1.82, 2.24) is 25.3 Å². The average Bonchev–Trinajstić information content (AvgIpc) is 2.93. The van der Waals surface area contributed by atoms with Gasteiger partial charge in [-0.05, 0) is 31.7 Å². The third kappa shape index (κ3) is 5.78. The van der Waals surface area contributed by atoms with Crippen LogP contribution in [-0.4, -0.2) is 58.8 Å². The van der Waals surface area contributed by atoms with Gasteiger partial charge in [0.25, 0.3) is 0 Å². The number of carbonyl (C=O) groups excluding carboxylic acids is 1. The molecule has 1 aromatic heterocycles. The van der Waals surface area contributed by atoms with Crippen LogP contribution in [0.15, 0.2) is 4.42 Å². The summed E-state index contributed by atoms with van der Waals surface area (Å²) < 4.78 is 5.30. The maximum atomic E-state index is 12.2. The molecule has 1 aliphatic rings. The smallest absolute Gasteiger partial charge is 0.317 e. The molecule has 1 atom stereocenters. The van der Waals surface area contributed by atoms with E-state index in [4.69, 9.17) is 4.42 Å². The quantitative estimate of drug-likeness (QED) is 0.827. The zero-order chi connectivity index (χ0) is 17.5. The van der Waals surface area contributed by atoms with E-state index in [-0.39, 0.29) is 6.03 Å². The predicted octanol–water partition coefficient (Wildman–Crippen LogP) is 2.42. The second kappa shape index (κ2) is 9.01. The van der Waals surface area contributed by atoms with Crippen molar-refractivity contribution < 1.29 is 9.21 Å². The zero-order valence-electron chi connectivity index (χ0n) is 15.4. The molecule has 0 aliphatic carbocycles. The van der Waals surface area contributed by atoms with E-state index in [2.05, 4.69) is 34.3 Å². The number of rotatable bonds is 7. The van der Waals surface area contributed by atoms with E-state index in [1.165, 1.54) is 25.8 Å². The summed E-state index contributed by atoms with van der Waals surface area (Å²) in [6.45, 7) is 9.63. The van der Waals surface area contributed by atoms with E-state index in [0.717, 1.165) is 13.0 Å². The minimum atomic E-state index is -0.0999. The fraction of sp³-hybridized carbons (Fsp3) is 0.824. The molecule has 7 heteroatoms. The Balaban J connectivity index is 1.72. The van der Waals surface area contributed by atoms with E-state index in [1.54, 1.807) is 18.9 Å². The number of carbonyl (C=O) groups is 1. The van der Waals surface area contributed by atoms with Gasteiger partial charge in [-0.2, -0.15) is 0 Å². The topological polar surface area (TPSA) is 74.5 Å². The van der Waals surface area contributed by atoms with Crippen molar-refractivity contribution in [3.05, 3.63) is 11.8 Å². The van der Waals surface area contributed by atoms with Crippen LogP contribution in [0.2, 0.25) is 0 Å². The molecule has 1 N–H and O–H groups in total. The second-order valence-corrected chi connectivity index (χ2v) is 7.13. The molecule has 1 aliphatic heterocycles. The Morgan fingerprint density at radius 1 is 1.42 bits per heavy atom. The summed E-state index contributed by atoms with van der Waals surface area (Å²) in [5.74, 6) is 1.66. The summed E-state index contributed by atoms with van der Waals surface area (Å²) in [6, 6.07) is 0.488. The minimum absolute atomic E-state index is 0.0999. The Kier molecular flexibility index (Phi) is 7.02. The van der Waals surface area contributed by atoms with Gasteiger partial charge in [0, 0.05) is 33.1 Å². The Hall–Kier alpha value is -1.63. The van der Waals surface area contributed by atoms with Crippen molar-refractivity contribution in [2.75, 3.05) is 26.7 Å². The molecule has 2 rings (SSSR count). The lowest BCUT2D eigenvalue weighted by Gasteiger charge is -2.37. The molecule has 24 heavy (non-hydrogen) atoms. The molecular weight excluding hydrogens is 306 g/mol. The van der Waals surface area contributed by atoms with Crippen LogP contribution in [0, 0.1) is 12.8 Å². The van der Waals surface area contributed by atoms with Gasteiger partial charge in [-0.1, -0.05) is 20.3 Å². The molecule has 136 valence electrons. The minimum Gasteiger partial charge on any atom is -0.424 e. The molecule has 0 aromatic carbocycles. The van der Waals surface area contributed by atoms with E-state index in [9.17, 15) is 4.79 Å². The molecule has 1 aromatic rings. The Labute approximate surface area is 144 Å². The second-order valence-electron chi connectivity index (χ2n) is 7.13. The molecule has 2 amide bonds. The van der Waals surface area contributed by atoms with Crippen LogP contribution in [0.1, 0.15) is 51.3 Å². The molecule has 0 spiro atoms. The molecule has 0 bridgehead atoms. The highest BCUT2D eigenvalue weighted by Gasteiger charge is 2.23. The molecule has 2 heterocycles. The summed E-state index contributed by atoms with van der Waals surface area (Å²) in [6.07, 6.45) is 4.83. The summed E-state index contributed by atoms with van der Waals surface area (Å²) >= 11 is 0. The fourth-order valence-electron chi connectivity index (χ4n) is 3.25. The van der Waals surface area contributed by atoms with E-state index in [0.29, 0.717) is 36.8 Å². The van der Waals surface area contributed by atoms with Crippen molar-refractivity contribution in [3.63, 3.8) is 0 Å². The lowest BCUT2D eigenvalue weighted by Crippen LogP contribution is -2.44. The van der Waals surface area contributed by atoms with Crippen LogP contribution in [0.4, 0.5) is 4.79 Å². The number of piperidine rings is 1. The van der Waals surface area contributed by atoms with Gasteiger partial charge < -0.3 is 19.5 Å². The van der Waals surface area contributed by atoms with E-state index >= 15 is 0 Å². The SMILES string of the molecule is Cc1nnc(CN(C)C(=O)NCC[C@H]2CCCCN2CC(C)C)o1. The number of aryl methyl sites for hydroxylation is 1. The third-order valence-corrected chi connectivity index (χ3v) is 4.39. The zero-order valence-corrected chi connectivity index (χ0v) is 15.4. The number of nitrogens with one attached hydrogen (secondary N) is 1. The number of hydrogen-bond acceptors (Lipinski definition) is 5. The third-order valence-electron chi connectivity index (χ3n) is 4.39. The molecular formula is C17H31N5O2. The summed E-state index contributed by atoms with van der Waals surface area (Å²) in [4.78, 5) is 16.3. The number of aromatic nitrogens is 2. The molecule has 0 saturated carbocycles. The Morgan fingerprint density at radius 3 is 2.88 bits per heavy atom. The highest BCUT2D eigenvalue weighted by molar-refractivity contribution is 5.73. The van der Waals surface area contributed by atoms with Gasteiger partial charge in [0.1, 0.15) is 6.54 Å². The number of nitrogens with zero attached hydrogens (tertiary/aromatic N) is 4. The summed E-state index contributed by atoms with van der Waals surface area (Å²) in [7, 11) is 1.74.